The second-order valence-electron chi connectivity index (χ2n) is 4.34. The summed E-state index contributed by atoms with van der Waals surface area (Å²) in [5.41, 5.74) is 6.96. The third kappa shape index (κ3) is 5.57. The third-order valence-electron chi connectivity index (χ3n) is 3.09. The molecule has 1 aromatic heterocycles. The van der Waals surface area contributed by atoms with Gasteiger partial charge in [0.2, 0.25) is 0 Å². The van der Waals surface area contributed by atoms with Gasteiger partial charge in [-0.25, -0.2) is 4.98 Å². The van der Waals surface area contributed by atoms with Crippen molar-refractivity contribution in [2.75, 3.05) is 18.8 Å². The molecule has 1 saturated heterocycles. The Hall–Kier alpha value is -0.510. The molecule has 0 aliphatic carbocycles. The molecule has 1 unspecified atom stereocenters. The Labute approximate surface area is 115 Å². The Morgan fingerprint density at radius 2 is 2.24 bits per heavy atom. The average molecular weight is 278 g/mol. The quantitative estimate of drug-likeness (QED) is 0.893. The molecule has 1 aliphatic heterocycles. The molecule has 0 amide bonds. The van der Waals surface area contributed by atoms with E-state index >= 15 is 0 Å². The minimum absolute atomic E-state index is 0. The summed E-state index contributed by atoms with van der Waals surface area (Å²) in [7, 11) is 0. The minimum Gasteiger partial charge on any atom is -0.384 e. The summed E-state index contributed by atoms with van der Waals surface area (Å²) in [6.45, 7) is 2.37. The van der Waals surface area contributed by atoms with Crippen molar-refractivity contribution in [3.05, 3.63) is 23.9 Å². The summed E-state index contributed by atoms with van der Waals surface area (Å²) in [6, 6.07) is 4.04. The number of nitrogens with two attached hydrogens (primary N) is 1. The maximum atomic E-state index is 5.64. The van der Waals surface area contributed by atoms with Crippen LogP contribution in [0.25, 0.3) is 0 Å². The molecule has 3 nitrogen and oxygen atoms in total. The third-order valence-corrected chi connectivity index (χ3v) is 3.09. The summed E-state index contributed by atoms with van der Waals surface area (Å²) in [6.07, 6.45) is 6.87. The van der Waals surface area contributed by atoms with Gasteiger partial charge in [0.05, 0.1) is 0 Å². The van der Waals surface area contributed by atoms with Crippen LogP contribution >= 0.6 is 24.8 Å². The molecule has 1 atom stereocenters. The van der Waals surface area contributed by atoms with Crippen LogP contribution in [-0.2, 0) is 6.42 Å². The molecule has 5 heteroatoms. The average Bonchev–Trinajstić information content (AvgIpc) is 2.28. The molecule has 0 radical (unpaired) electrons. The van der Waals surface area contributed by atoms with Crippen LogP contribution in [0, 0.1) is 5.92 Å². The van der Waals surface area contributed by atoms with Gasteiger partial charge in [-0.05, 0) is 62.4 Å². The molecule has 2 heterocycles. The topological polar surface area (TPSA) is 50.9 Å². The van der Waals surface area contributed by atoms with Crippen LogP contribution in [-0.4, -0.2) is 18.1 Å². The van der Waals surface area contributed by atoms with E-state index in [0.717, 1.165) is 12.3 Å². The van der Waals surface area contributed by atoms with E-state index in [1.165, 1.54) is 37.9 Å². The zero-order chi connectivity index (χ0) is 10.5. The van der Waals surface area contributed by atoms with E-state index < -0.39 is 0 Å². The van der Waals surface area contributed by atoms with Crippen molar-refractivity contribution in [3.8, 4) is 0 Å². The van der Waals surface area contributed by atoms with Crippen molar-refractivity contribution >= 4 is 30.6 Å². The van der Waals surface area contributed by atoms with E-state index in [1.54, 1.807) is 6.20 Å². The largest absolute Gasteiger partial charge is 0.384 e. The van der Waals surface area contributed by atoms with Crippen LogP contribution in [0.3, 0.4) is 0 Å². The Balaban J connectivity index is 0.00000128. The van der Waals surface area contributed by atoms with Gasteiger partial charge >= 0.3 is 0 Å². The van der Waals surface area contributed by atoms with Gasteiger partial charge in [0.1, 0.15) is 5.82 Å². The highest BCUT2D eigenvalue weighted by atomic mass is 35.5. The summed E-state index contributed by atoms with van der Waals surface area (Å²) in [5, 5.41) is 3.45. The van der Waals surface area contributed by atoms with Gasteiger partial charge in [-0.3, -0.25) is 0 Å². The van der Waals surface area contributed by atoms with E-state index in [2.05, 4.69) is 16.4 Å². The molecule has 2 rings (SSSR count). The van der Waals surface area contributed by atoms with Gasteiger partial charge in [0.25, 0.3) is 0 Å². The summed E-state index contributed by atoms with van der Waals surface area (Å²) >= 11 is 0. The molecule has 3 N–H and O–H groups in total. The van der Waals surface area contributed by atoms with Crippen LogP contribution in [0.1, 0.15) is 24.8 Å². The fourth-order valence-electron chi connectivity index (χ4n) is 2.19. The van der Waals surface area contributed by atoms with Crippen LogP contribution in [0.4, 0.5) is 5.82 Å². The van der Waals surface area contributed by atoms with Crippen molar-refractivity contribution in [3.63, 3.8) is 0 Å². The second kappa shape index (κ2) is 8.56. The number of aromatic nitrogens is 1. The number of hydrogen-bond acceptors (Lipinski definition) is 3. The van der Waals surface area contributed by atoms with Gasteiger partial charge in [-0.15, -0.1) is 24.8 Å². The Morgan fingerprint density at radius 3 is 2.88 bits per heavy atom. The number of nitrogen functional groups attached to an aromatic ring is 1. The zero-order valence-corrected chi connectivity index (χ0v) is 11.5. The number of anilines is 1. The molecular formula is C12H21Cl2N3. The standard InChI is InChI=1S/C12H19N3.2ClH/c13-12-8-10(5-7-15-12)3-4-11-2-1-6-14-9-11;;/h5,7-8,11,14H,1-4,6,9H2,(H2,13,15);2*1H. The molecule has 0 saturated carbocycles. The summed E-state index contributed by atoms with van der Waals surface area (Å²) < 4.78 is 0. The lowest BCUT2D eigenvalue weighted by Crippen LogP contribution is -2.29. The number of nitrogens with zero attached hydrogens (tertiary/aromatic N) is 1. The number of halogens is 2. The predicted molar refractivity (Wildman–Crippen MR) is 77.1 cm³/mol. The van der Waals surface area contributed by atoms with Crippen LogP contribution < -0.4 is 11.1 Å². The van der Waals surface area contributed by atoms with E-state index in [0.29, 0.717) is 5.82 Å². The molecule has 1 fully saturated rings. The van der Waals surface area contributed by atoms with Crippen LogP contribution in [0.2, 0.25) is 0 Å². The number of pyridine rings is 1. The fourth-order valence-corrected chi connectivity index (χ4v) is 2.19. The van der Waals surface area contributed by atoms with E-state index in [9.17, 15) is 0 Å². The Bertz CT molecular complexity index is 314. The number of nitrogens with one attached hydrogen (secondary N) is 1. The van der Waals surface area contributed by atoms with E-state index in [1.807, 2.05) is 6.07 Å². The van der Waals surface area contributed by atoms with Crippen molar-refractivity contribution < 1.29 is 0 Å². The van der Waals surface area contributed by atoms with Crippen molar-refractivity contribution in [1.29, 1.82) is 0 Å². The molecular weight excluding hydrogens is 257 g/mol. The van der Waals surface area contributed by atoms with Crippen LogP contribution in [0.5, 0.6) is 0 Å². The number of hydrogen-bond donors (Lipinski definition) is 2. The second-order valence-corrected chi connectivity index (χ2v) is 4.34. The van der Waals surface area contributed by atoms with Gasteiger partial charge in [0.15, 0.2) is 0 Å². The van der Waals surface area contributed by atoms with Crippen molar-refractivity contribution in [1.82, 2.24) is 10.3 Å². The maximum Gasteiger partial charge on any atom is 0.123 e. The first kappa shape index (κ1) is 16.5. The SMILES string of the molecule is Cl.Cl.Nc1cc(CCC2CCCNC2)ccn1. The highest BCUT2D eigenvalue weighted by molar-refractivity contribution is 5.85. The van der Waals surface area contributed by atoms with Gasteiger partial charge in [-0.1, -0.05) is 0 Å². The molecule has 0 aromatic carbocycles. The lowest BCUT2D eigenvalue weighted by atomic mass is 9.93. The van der Waals surface area contributed by atoms with Gasteiger partial charge in [-0.2, -0.15) is 0 Å². The van der Waals surface area contributed by atoms with E-state index in [-0.39, 0.29) is 24.8 Å². The zero-order valence-electron chi connectivity index (χ0n) is 9.89. The molecule has 17 heavy (non-hydrogen) atoms. The molecule has 0 bridgehead atoms. The van der Waals surface area contributed by atoms with Gasteiger partial charge in [0, 0.05) is 6.20 Å². The highest BCUT2D eigenvalue weighted by Crippen LogP contribution is 2.17. The van der Waals surface area contributed by atoms with Gasteiger partial charge < -0.3 is 11.1 Å². The normalized spacial score (nSPS) is 18.9. The maximum absolute atomic E-state index is 5.64. The lowest BCUT2D eigenvalue weighted by molar-refractivity contribution is 0.358. The predicted octanol–water partition coefficient (Wildman–Crippen LogP) is 2.44. The summed E-state index contributed by atoms with van der Waals surface area (Å²) in [4.78, 5) is 4.00. The minimum atomic E-state index is 0. The molecule has 1 aromatic rings. The Morgan fingerprint density at radius 1 is 1.41 bits per heavy atom. The first-order valence-electron chi connectivity index (χ1n) is 5.76. The fraction of sp³-hybridized carbons (Fsp3) is 0.583. The first-order chi connectivity index (χ1) is 7.34. The summed E-state index contributed by atoms with van der Waals surface area (Å²) in [5.74, 6) is 1.47. The van der Waals surface area contributed by atoms with Crippen molar-refractivity contribution in [2.45, 2.75) is 25.7 Å². The molecule has 0 spiro atoms. The van der Waals surface area contributed by atoms with Crippen molar-refractivity contribution in [2.24, 2.45) is 5.92 Å². The lowest BCUT2D eigenvalue weighted by Gasteiger charge is -2.22. The van der Waals surface area contributed by atoms with E-state index in [4.69, 9.17) is 5.73 Å². The molecule has 98 valence electrons. The number of aryl methyl sites for hydroxylation is 1. The smallest absolute Gasteiger partial charge is 0.123 e. The monoisotopic (exact) mass is 277 g/mol. The van der Waals surface area contributed by atoms with Crippen LogP contribution in [0.15, 0.2) is 18.3 Å². The number of rotatable bonds is 3. The highest BCUT2D eigenvalue weighted by Gasteiger charge is 2.12. The molecule has 1 aliphatic rings. The first-order valence-corrected chi connectivity index (χ1v) is 5.76. The number of piperidine rings is 1. The Kier molecular flexibility index (Phi) is 8.30.